The molecule has 0 atom stereocenters. The van der Waals surface area contributed by atoms with Crippen molar-refractivity contribution in [2.75, 3.05) is 12.4 Å². The number of carboxylic acid groups (broad SMARTS) is 2. The third-order valence-electron chi connectivity index (χ3n) is 3.83. The molecule has 6 heteroatoms. The van der Waals surface area contributed by atoms with Gasteiger partial charge in [-0.15, -0.1) is 0 Å². The molecule has 0 fully saturated rings. The number of carbonyl (C=O) groups is 2. The van der Waals surface area contributed by atoms with Crippen LogP contribution in [-0.2, 0) is 16.1 Å². The summed E-state index contributed by atoms with van der Waals surface area (Å²) in [4.78, 5) is 18.2. The van der Waals surface area contributed by atoms with Gasteiger partial charge in [-0.2, -0.15) is 0 Å². The molecule has 3 aromatic rings. The van der Waals surface area contributed by atoms with E-state index >= 15 is 0 Å². The maximum atomic E-state index is 9.10. The number of anilines is 1. The second-order valence-electron chi connectivity index (χ2n) is 5.85. The molecule has 0 aliphatic carbocycles. The molecule has 0 heterocycles. The van der Waals surface area contributed by atoms with Crippen LogP contribution in [0.3, 0.4) is 0 Å². The molecule has 3 rings (SSSR count). The fourth-order valence-corrected chi connectivity index (χ4v) is 2.51. The van der Waals surface area contributed by atoms with Crippen molar-refractivity contribution < 1.29 is 24.5 Å². The normalized spacial score (nSPS) is 9.85. The fraction of sp³-hybridized carbons (Fsp3) is 0.143. The van der Waals surface area contributed by atoms with E-state index in [1.165, 1.54) is 21.9 Å². The van der Waals surface area contributed by atoms with Crippen LogP contribution in [0.1, 0.15) is 11.1 Å². The third-order valence-corrected chi connectivity index (χ3v) is 3.83. The van der Waals surface area contributed by atoms with E-state index in [0.29, 0.717) is 0 Å². The number of ether oxygens (including phenoxy) is 1. The van der Waals surface area contributed by atoms with Gasteiger partial charge in [0, 0.05) is 6.54 Å². The van der Waals surface area contributed by atoms with Crippen LogP contribution in [-0.4, -0.2) is 29.3 Å². The molecule has 6 nitrogen and oxygen atoms in total. The Morgan fingerprint density at radius 2 is 1.59 bits per heavy atom. The minimum Gasteiger partial charge on any atom is -0.495 e. The first-order valence-corrected chi connectivity index (χ1v) is 8.23. The lowest BCUT2D eigenvalue weighted by molar-refractivity contribution is -0.159. The van der Waals surface area contributed by atoms with Gasteiger partial charge in [-0.05, 0) is 47.0 Å². The quantitative estimate of drug-likeness (QED) is 0.605. The highest BCUT2D eigenvalue weighted by atomic mass is 16.5. The number of nitrogens with one attached hydrogen (secondary N) is 1. The highest BCUT2D eigenvalue weighted by Crippen LogP contribution is 2.26. The molecule has 0 saturated heterocycles. The molecule has 3 aromatic carbocycles. The molecule has 0 aliphatic heterocycles. The van der Waals surface area contributed by atoms with Crippen molar-refractivity contribution in [3.8, 4) is 5.75 Å². The van der Waals surface area contributed by atoms with Gasteiger partial charge in [-0.25, -0.2) is 9.59 Å². The second-order valence-corrected chi connectivity index (χ2v) is 5.85. The number of aliphatic carboxylic acids is 2. The van der Waals surface area contributed by atoms with Crippen LogP contribution in [0, 0.1) is 6.92 Å². The van der Waals surface area contributed by atoms with Crippen LogP contribution in [0.25, 0.3) is 10.8 Å². The molecule has 0 unspecified atom stereocenters. The van der Waals surface area contributed by atoms with Crippen LogP contribution in [0.15, 0.2) is 60.7 Å². The summed E-state index contributed by atoms with van der Waals surface area (Å²) in [6.45, 7) is 2.87. The minimum absolute atomic E-state index is 0.782. The van der Waals surface area contributed by atoms with Gasteiger partial charge in [-0.3, -0.25) is 0 Å². The van der Waals surface area contributed by atoms with Crippen LogP contribution in [0.4, 0.5) is 5.69 Å². The fourth-order valence-electron chi connectivity index (χ4n) is 2.51. The maximum absolute atomic E-state index is 9.10. The summed E-state index contributed by atoms with van der Waals surface area (Å²) >= 11 is 0. The summed E-state index contributed by atoms with van der Waals surface area (Å²) in [7, 11) is 1.70. The van der Waals surface area contributed by atoms with Gasteiger partial charge in [-0.1, -0.05) is 42.5 Å². The van der Waals surface area contributed by atoms with E-state index in [0.717, 1.165) is 18.0 Å². The highest BCUT2D eigenvalue weighted by molar-refractivity contribution is 6.27. The topological polar surface area (TPSA) is 95.9 Å². The number of hydrogen-bond donors (Lipinski definition) is 3. The number of benzene rings is 3. The lowest BCUT2D eigenvalue weighted by Crippen LogP contribution is -2.09. The number of aryl methyl sites for hydroxylation is 1. The number of hydrogen-bond acceptors (Lipinski definition) is 4. The molecule has 3 N–H and O–H groups in total. The first kappa shape index (κ1) is 19.8. The summed E-state index contributed by atoms with van der Waals surface area (Å²) in [5.41, 5.74) is 3.51. The zero-order valence-electron chi connectivity index (χ0n) is 15.1. The van der Waals surface area contributed by atoms with Crippen LogP contribution >= 0.6 is 0 Å². The standard InChI is InChI=1S/C19H19NO.C2H2O4/c1-14-7-10-19(21-2)18(11-14)20-13-15-8-9-16-5-3-4-6-17(16)12-15;3-1(4)2(5)6/h3-12,20H,13H2,1-2H3;(H,3,4)(H,5,6). The Balaban J connectivity index is 0.000000380. The number of fused-ring (bicyclic) bond motifs is 1. The summed E-state index contributed by atoms with van der Waals surface area (Å²) in [6, 6.07) is 21.1. The van der Waals surface area contributed by atoms with E-state index in [4.69, 9.17) is 24.5 Å². The molecule has 0 aliphatic rings. The van der Waals surface area contributed by atoms with Crippen molar-refractivity contribution in [3.63, 3.8) is 0 Å². The zero-order chi connectivity index (χ0) is 19.8. The lowest BCUT2D eigenvalue weighted by Gasteiger charge is -2.12. The Kier molecular flexibility index (Phi) is 6.77. The van der Waals surface area contributed by atoms with Gasteiger partial charge in [0.25, 0.3) is 0 Å². The molecule has 27 heavy (non-hydrogen) atoms. The molecule has 140 valence electrons. The third kappa shape index (κ3) is 5.74. The first-order chi connectivity index (χ1) is 12.9. The lowest BCUT2D eigenvalue weighted by atomic mass is 10.1. The van der Waals surface area contributed by atoms with Gasteiger partial charge < -0.3 is 20.3 Å². The summed E-state index contributed by atoms with van der Waals surface area (Å²) in [5.74, 6) is -2.77. The van der Waals surface area contributed by atoms with E-state index in [9.17, 15) is 0 Å². The Morgan fingerprint density at radius 3 is 2.22 bits per heavy atom. The van der Waals surface area contributed by atoms with Gasteiger partial charge in [0.2, 0.25) is 0 Å². The number of rotatable bonds is 4. The highest BCUT2D eigenvalue weighted by Gasteiger charge is 2.04. The molecule has 0 amide bonds. The first-order valence-electron chi connectivity index (χ1n) is 8.23. The zero-order valence-corrected chi connectivity index (χ0v) is 15.1. The van der Waals surface area contributed by atoms with Crippen molar-refractivity contribution >= 4 is 28.4 Å². The van der Waals surface area contributed by atoms with E-state index in [1.54, 1.807) is 7.11 Å². The SMILES string of the molecule is COc1ccc(C)cc1NCc1ccc2ccccc2c1.O=C(O)C(=O)O. The van der Waals surface area contributed by atoms with E-state index < -0.39 is 11.9 Å². The van der Waals surface area contributed by atoms with E-state index in [1.807, 2.05) is 6.07 Å². The van der Waals surface area contributed by atoms with Crippen LogP contribution in [0.5, 0.6) is 5.75 Å². The van der Waals surface area contributed by atoms with Gasteiger partial charge >= 0.3 is 11.9 Å². The van der Waals surface area contributed by atoms with Crippen molar-refractivity contribution in [2.45, 2.75) is 13.5 Å². The molecule has 0 saturated carbocycles. The molecule has 0 spiro atoms. The predicted molar refractivity (Wildman–Crippen MR) is 104 cm³/mol. The largest absolute Gasteiger partial charge is 0.495 e. The van der Waals surface area contributed by atoms with Crippen LogP contribution in [0.2, 0.25) is 0 Å². The summed E-state index contributed by atoms with van der Waals surface area (Å²) in [6.07, 6.45) is 0. The number of methoxy groups -OCH3 is 1. The molecule has 0 radical (unpaired) electrons. The second kappa shape index (κ2) is 9.24. The van der Waals surface area contributed by atoms with Gasteiger partial charge in [0.05, 0.1) is 12.8 Å². The Bertz CT molecular complexity index is 940. The smallest absolute Gasteiger partial charge is 0.414 e. The Morgan fingerprint density at radius 1 is 0.926 bits per heavy atom. The van der Waals surface area contributed by atoms with E-state index in [2.05, 4.69) is 66.8 Å². The van der Waals surface area contributed by atoms with Crippen molar-refractivity contribution in [1.82, 2.24) is 0 Å². The number of carboxylic acids is 2. The average molecular weight is 367 g/mol. The average Bonchev–Trinajstić information content (AvgIpc) is 2.66. The summed E-state index contributed by atoms with van der Waals surface area (Å²) < 4.78 is 5.40. The maximum Gasteiger partial charge on any atom is 0.414 e. The molecule has 0 aromatic heterocycles. The van der Waals surface area contributed by atoms with Crippen molar-refractivity contribution in [3.05, 3.63) is 71.8 Å². The van der Waals surface area contributed by atoms with Crippen LogP contribution < -0.4 is 10.1 Å². The summed E-state index contributed by atoms with van der Waals surface area (Å²) in [5, 5.41) is 20.8. The molecule has 0 bridgehead atoms. The molecular formula is C21H21NO5. The van der Waals surface area contributed by atoms with Crippen molar-refractivity contribution in [1.29, 1.82) is 0 Å². The monoisotopic (exact) mass is 367 g/mol. The van der Waals surface area contributed by atoms with Gasteiger partial charge in [0.15, 0.2) is 0 Å². The predicted octanol–water partition coefficient (Wildman–Crippen LogP) is 3.92. The Hall–Kier alpha value is -3.54. The van der Waals surface area contributed by atoms with Crippen molar-refractivity contribution in [2.24, 2.45) is 0 Å². The molecular weight excluding hydrogens is 346 g/mol. The van der Waals surface area contributed by atoms with E-state index in [-0.39, 0.29) is 0 Å². The minimum atomic E-state index is -1.82. The van der Waals surface area contributed by atoms with Gasteiger partial charge in [0.1, 0.15) is 5.75 Å². The Labute approximate surface area is 157 Å².